The zero-order valence-corrected chi connectivity index (χ0v) is 14.3. The van der Waals surface area contributed by atoms with Crippen molar-refractivity contribution in [3.05, 3.63) is 45.1 Å². The number of benzene rings is 1. The summed E-state index contributed by atoms with van der Waals surface area (Å²) in [7, 11) is 4.01. The van der Waals surface area contributed by atoms with Crippen LogP contribution in [0.2, 0.25) is 0 Å². The molecule has 0 saturated carbocycles. The zero-order valence-electron chi connectivity index (χ0n) is 11.9. The lowest BCUT2D eigenvalue weighted by Gasteiger charge is -2.11. The Morgan fingerprint density at radius 3 is 2.57 bits per heavy atom. The predicted octanol–water partition coefficient (Wildman–Crippen LogP) is 3.70. The molecule has 0 atom stereocenters. The van der Waals surface area contributed by atoms with Crippen molar-refractivity contribution in [1.29, 1.82) is 0 Å². The van der Waals surface area contributed by atoms with E-state index in [0.717, 1.165) is 22.5 Å². The fourth-order valence-electron chi connectivity index (χ4n) is 1.62. The van der Waals surface area contributed by atoms with Crippen LogP contribution >= 0.6 is 27.3 Å². The van der Waals surface area contributed by atoms with Crippen molar-refractivity contribution in [2.24, 2.45) is 0 Å². The minimum absolute atomic E-state index is 0.113. The molecule has 0 aliphatic carbocycles. The molecule has 0 saturated heterocycles. The van der Waals surface area contributed by atoms with Crippen molar-refractivity contribution in [1.82, 2.24) is 4.90 Å². The van der Waals surface area contributed by atoms with E-state index in [4.69, 9.17) is 4.74 Å². The highest BCUT2D eigenvalue weighted by Crippen LogP contribution is 2.24. The molecule has 21 heavy (non-hydrogen) atoms. The van der Waals surface area contributed by atoms with Crippen LogP contribution in [0.1, 0.15) is 9.67 Å². The van der Waals surface area contributed by atoms with Crippen LogP contribution in [0.5, 0.6) is 5.75 Å². The summed E-state index contributed by atoms with van der Waals surface area (Å²) in [4.78, 5) is 14.8. The number of likely N-dealkylation sites (N-methyl/N-ethyl adjacent to an activating group) is 1. The van der Waals surface area contributed by atoms with E-state index in [9.17, 15) is 4.79 Å². The number of nitrogens with one attached hydrogen (secondary N) is 1. The number of carbonyl (C=O) groups excluding carboxylic acids is 1. The van der Waals surface area contributed by atoms with Gasteiger partial charge in [-0.25, -0.2) is 0 Å². The van der Waals surface area contributed by atoms with E-state index in [1.54, 1.807) is 0 Å². The maximum atomic E-state index is 12.1. The smallest absolute Gasteiger partial charge is 0.266 e. The Hall–Kier alpha value is -1.37. The van der Waals surface area contributed by atoms with Crippen LogP contribution in [0.25, 0.3) is 0 Å². The minimum atomic E-state index is -0.113. The molecule has 112 valence electrons. The first-order valence-corrected chi connectivity index (χ1v) is 8.15. The lowest BCUT2D eigenvalue weighted by Crippen LogP contribution is -2.19. The van der Waals surface area contributed by atoms with Crippen molar-refractivity contribution < 1.29 is 9.53 Å². The first-order chi connectivity index (χ1) is 10.1. The van der Waals surface area contributed by atoms with Gasteiger partial charge in [-0.3, -0.25) is 4.79 Å². The third kappa shape index (κ3) is 4.84. The molecule has 6 heteroatoms. The number of rotatable bonds is 6. The number of amides is 1. The van der Waals surface area contributed by atoms with Crippen LogP contribution in [0.3, 0.4) is 0 Å². The molecular weight excluding hydrogens is 352 g/mol. The molecule has 1 amide bonds. The second-order valence-electron chi connectivity index (χ2n) is 4.73. The van der Waals surface area contributed by atoms with Gasteiger partial charge in [0.2, 0.25) is 0 Å². The Labute approximate surface area is 136 Å². The SMILES string of the molecule is CN(C)CCOc1ccc(NC(=O)c2sccc2Br)cc1. The van der Waals surface area contributed by atoms with E-state index < -0.39 is 0 Å². The molecule has 0 aliphatic rings. The van der Waals surface area contributed by atoms with E-state index in [0.29, 0.717) is 11.5 Å². The predicted molar refractivity (Wildman–Crippen MR) is 90.5 cm³/mol. The maximum absolute atomic E-state index is 12.1. The Bertz CT molecular complexity index is 596. The van der Waals surface area contributed by atoms with Crippen molar-refractivity contribution in [2.45, 2.75) is 0 Å². The first-order valence-electron chi connectivity index (χ1n) is 6.48. The van der Waals surface area contributed by atoms with Crippen molar-refractivity contribution in [2.75, 3.05) is 32.6 Å². The van der Waals surface area contributed by atoms with Crippen LogP contribution in [-0.2, 0) is 0 Å². The molecule has 0 unspecified atom stereocenters. The van der Waals surface area contributed by atoms with Crippen LogP contribution in [0.15, 0.2) is 40.2 Å². The molecule has 0 fully saturated rings. The maximum Gasteiger partial charge on any atom is 0.266 e. The van der Waals surface area contributed by atoms with E-state index in [1.807, 2.05) is 49.8 Å². The highest BCUT2D eigenvalue weighted by molar-refractivity contribution is 9.10. The molecule has 2 rings (SSSR count). The summed E-state index contributed by atoms with van der Waals surface area (Å²) in [5.41, 5.74) is 0.750. The van der Waals surface area contributed by atoms with Crippen molar-refractivity contribution in [3.8, 4) is 5.75 Å². The number of anilines is 1. The van der Waals surface area contributed by atoms with Crippen LogP contribution in [0, 0.1) is 0 Å². The number of nitrogens with zero attached hydrogens (tertiary/aromatic N) is 1. The van der Waals surface area contributed by atoms with E-state index in [2.05, 4.69) is 26.1 Å². The minimum Gasteiger partial charge on any atom is -0.492 e. The number of hydrogen-bond donors (Lipinski definition) is 1. The van der Waals surface area contributed by atoms with Gasteiger partial charge < -0.3 is 15.0 Å². The number of ether oxygens (including phenoxy) is 1. The molecule has 1 heterocycles. The Morgan fingerprint density at radius 2 is 2.00 bits per heavy atom. The van der Waals surface area contributed by atoms with Gasteiger partial charge in [-0.1, -0.05) is 0 Å². The number of thiophene rings is 1. The fraction of sp³-hybridized carbons (Fsp3) is 0.267. The van der Waals surface area contributed by atoms with Gasteiger partial charge in [0, 0.05) is 16.7 Å². The Kier molecular flexibility index (Phi) is 5.78. The Morgan fingerprint density at radius 1 is 1.29 bits per heavy atom. The molecule has 1 aromatic carbocycles. The average molecular weight is 369 g/mol. The van der Waals surface area contributed by atoms with Crippen molar-refractivity contribution >= 4 is 38.9 Å². The normalized spacial score (nSPS) is 10.7. The zero-order chi connectivity index (χ0) is 15.2. The summed E-state index contributed by atoms with van der Waals surface area (Å²) in [5, 5.41) is 4.74. The highest BCUT2D eigenvalue weighted by Gasteiger charge is 2.11. The molecule has 0 aliphatic heterocycles. The van der Waals surface area contributed by atoms with E-state index in [1.165, 1.54) is 11.3 Å². The quantitative estimate of drug-likeness (QED) is 0.844. The first kappa shape index (κ1) is 16.0. The molecule has 2 aromatic rings. The van der Waals surface area contributed by atoms with Gasteiger partial charge in [-0.2, -0.15) is 0 Å². The Balaban J connectivity index is 1.90. The van der Waals surface area contributed by atoms with Gasteiger partial charge in [-0.15, -0.1) is 11.3 Å². The molecule has 1 aromatic heterocycles. The topological polar surface area (TPSA) is 41.6 Å². The molecule has 4 nitrogen and oxygen atoms in total. The third-order valence-electron chi connectivity index (χ3n) is 2.74. The number of halogens is 1. The lowest BCUT2D eigenvalue weighted by molar-refractivity contribution is 0.103. The lowest BCUT2D eigenvalue weighted by atomic mass is 10.3. The molecule has 0 bridgehead atoms. The fourth-order valence-corrected chi connectivity index (χ4v) is 3.07. The summed E-state index contributed by atoms with van der Waals surface area (Å²) in [5.74, 6) is 0.685. The van der Waals surface area contributed by atoms with E-state index >= 15 is 0 Å². The summed E-state index contributed by atoms with van der Waals surface area (Å²) < 4.78 is 6.42. The number of hydrogen-bond acceptors (Lipinski definition) is 4. The second kappa shape index (κ2) is 7.59. The third-order valence-corrected chi connectivity index (χ3v) is 4.58. The molecular formula is C15H17BrN2O2S. The summed E-state index contributed by atoms with van der Waals surface area (Å²) in [6.45, 7) is 1.51. The van der Waals surface area contributed by atoms with Gasteiger partial charge in [0.15, 0.2) is 0 Å². The molecule has 0 radical (unpaired) electrons. The monoisotopic (exact) mass is 368 g/mol. The summed E-state index contributed by atoms with van der Waals surface area (Å²) in [6.07, 6.45) is 0. The van der Waals surface area contributed by atoms with Gasteiger partial charge in [-0.05, 0) is 65.7 Å². The van der Waals surface area contributed by atoms with Crippen LogP contribution in [-0.4, -0.2) is 38.1 Å². The van der Waals surface area contributed by atoms with Crippen molar-refractivity contribution in [3.63, 3.8) is 0 Å². The number of carbonyl (C=O) groups is 1. The van der Waals surface area contributed by atoms with Crippen LogP contribution in [0.4, 0.5) is 5.69 Å². The molecule has 1 N–H and O–H groups in total. The van der Waals surface area contributed by atoms with Gasteiger partial charge in [0.1, 0.15) is 17.2 Å². The largest absolute Gasteiger partial charge is 0.492 e. The van der Waals surface area contributed by atoms with Gasteiger partial charge in [0.25, 0.3) is 5.91 Å². The van der Waals surface area contributed by atoms with Crippen LogP contribution < -0.4 is 10.1 Å². The average Bonchev–Trinajstić information content (AvgIpc) is 2.87. The van der Waals surface area contributed by atoms with Gasteiger partial charge in [0.05, 0.1) is 0 Å². The summed E-state index contributed by atoms with van der Waals surface area (Å²) >= 11 is 4.76. The highest BCUT2D eigenvalue weighted by atomic mass is 79.9. The van der Waals surface area contributed by atoms with Gasteiger partial charge >= 0.3 is 0 Å². The molecule has 0 spiro atoms. The van der Waals surface area contributed by atoms with E-state index in [-0.39, 0.29) is 5.91 Å². The standard InChI is InChI=1S/C15H17BrN2O2S/c1-18(2)8-9-20-12-5-3-11(4-6-12)17-15(19)14-13(16)7-10-21-14/h3-7,10H,8-9H2,1-2H3,(H,17,19). The second-order valence-corrected chi connectivity index (χ2v) is 6.50. The summed E-state index contributed by atoms with van der Waals surface area (Å²) in [6, 6.07) is 9.25.